The molecule has 4 heterocycles. The highest BCUT2D eigenvalue weighted by molar-refractivity contribution is 5.82. The molecule has 4 N–H and O–H groups in total. The minimum atomic E-state index is -0.0504. The Balaban J connectivity index is 0.000000640. The van der Waals surface area contributed by atoms with Gasteiger partial charge in [0.25, 0.3) is 5.91 Å². The summed E-state index contributed by atoms with van der Waals surface area (Å²) < 4.78 is 28.7. The van der Waals surface area contributed by atoms with Gasteiger partial charge >= 0.3 is 0 Å². The molecule has 0 fully saturated rings. The zero-order valence-electron chi connectivity index (χ0n) is 61.1. The number of ether oxygens (including phenoxy) is 4. The smallest absolute Gasteiger partial charge is 0.264 e. The lowest BCUT2D eigenvalue weighted by Gasteiger charge is -2.06. The lowest BCUT2D eigenvalue weighted by Crippen LogP contribution is -2.33. The summed E-state index contributed by atoms with van der Waals surface area (Å²) in [5.74, 6) is 3.01. The maximum atomic E-state index is 11.7. The molecule has 0 aliphatic carbocycles. The first-order valence-electron chi connectivity index (χ1n) is 34.8. The molecule has 2 aromatic rings. The van der Waals surface area contributed by atoms with Crippen molar-refractivity contribution in [2.75, 3.05) is 79.2 Å². The van der Waals surface area contributed by atoms with Gasteiger partial charge in [0.05, 0.1) is 64.4 Å². The number of carbonyl (C=O) groups is 8. The van der Waals surface area contributed by atoms with E-state index in [1.807, 2.05) is 95.5 Å². The average Bonchev–Trinajstić information content (AvgIpc) is 1.91. The second kappa shape index (κ2) is 52.4. The van der Waals surface area contributed by atoms with Crippen molar-refractivity contribution in [1.82, 2.24) is 51.3 Å². The zero-order valence-corrected chi connectivity index (χ0v) is 61.1. The Labute approximate surface area is 571 Å². The Hall–Kier alpha value is -6.78. The number of hydrogen-bond acceptors (Lipinski definition) is 20. The highest BCUT2D eigenvalue weighted by Crippen LogP contribution is 2.10. The van der Waals surface area contributed by atoms with Crippen molar-refractivity contribution in [2.24, 2.45) is 68.0 Å². The van der Waals surface area contributed by atoms with Gasteiger partial charge in [-0.05, 0) is 49.4 Å². The molecule has 0 bridgehead atoms. The fourth-order valence-corrected chi connectivity index (χ4v) is 8.26. The van der Waals surface area contributed by atoms with Crippen molar-refractivity contribution in [2.45, 2.75) is 226 Å². The highest BCUT2D eigenvalue weighted by Gasteiger charge is 2.24. The van der Waals surface area contributed by atoms with Gasteiger partial charge < -0.3 is 40.2 Å². The molecule has 28 heteroatoms. The molecular weight excluding hydrogens is 1230 g/mol. The van der Waals surface area contributed by atoms with Gasteiger partial charge in [-0.3, -0.25) is 38.4 Å². The minimum absolute atomic E-state index is 0.00991. The van der Waals surface area contributed by atoms with E-state index < -0.39 is 0 Å². The molecule has 96 heavy (non-hydrogen) atoms. The Morgan fingerprint density at radius 2 is 0.812 bits per heavy atom. The van der Waals surface area contributed by atoms with Crippen LogP contribution in [0.25, 0.3) is 0 Å². The van der Waals surface area contributed by atoms with Crippen LogP contribution >= 0.6 is 0 Å². The standard InChI is InChI=1S/4C17H30N4O3/c1-13(2)11-18-17(23)10-15-12-21(20-19-15)7-9-24-8-5-6-16(22)14(3)4;1-13(2)10-17(23)18-11-15-12-21(20-19-15)7-9-24-8-5-6-16(22)14(3)4;1-13(2)10-18-17(23)12-21-11-15(19-20-21)7-9-24-8-5-6-16(22)14(3)4;1-13(2)10-17(23)18-12-21-11-15(19-20-21)7-9-24-8-5-6-16(22)14(3)4/h2*12-14H,5-11H2,1-4H3,(H,18,23);2*11,13-15H,5-10,12H2,1-4H3/p+2. The van der Waals surface area contributed by atoms with E-state index in [-0.39, 0.29) is 95.5 Å². The van der Waals surface area contributed by atoms with Gasteiger partial charge in [-0.15, -0.1) is 19.6 Å². The van der Waals surface area contributed by atoms with Crippen LogP contribution in [-0.2, 0) is 83.4 Å². The molecule has 2 unspecified atom stereocenters. The summed E-state index contributed by atoms with van der Waals surface area (Å²) in [6.07, 6.45) is 15.4. The molecule has 4 rings (SSSR count). The number of amides is 4. The predicted molar refractivity (Wildman–Crippen MR) is 367 cm³/mol. The van der Waals surface area contributed by atoms with Crippen LogP contribution in [0.4, 0.5) is 0 Å². The van der Waals surface area contributed by atoms with E-state index in [0.29, 0.717) is 160 Å². The Morgan fingerprint density at radius 3 is 1.23 bits per heavy atom. The molecule has 4 amide bonds. The summed E-state index contributed by atoms with van der Waals surface area (Å²) in [4.78, 5) is 92.5. The number of carbonyl (C=O) groups excluding carboxylic acids is 8. The first-order chi connectivity index (χ1) is 45.5. The van der Waals surface area contributed by atoms with Crippen LogP contribution in [0.5, 0.6) is 0 Å². The van der Waals surface area contributed by atoms with Gasteiger partial charge in [0.1, 0.15) is 51.7 Å². The summed E-state index contributed by atoms with van der Waals surface area (Å²) in [6, 6.07) is -0.0514. The van der Waals surface area contributed by atoms with Crippen LogP contribution in [0.3, 0.4) is 0 Å². The first kappa shape index (κ1) is 87.2. The molecule has 544 valence electrons. The number of ketones is 4. The third kappa shape index (κ3) is 47.2. The summed E-state index contributed by atoms with van der Waals surface area (Å²) in [5.41, 5.74) is 1.38. The number of nitrogens with one attached hydrogen (secondary N) is 4. The molecule has 0 aromatic carbocycles. The number of aromatic nitrogens is 6. The highest BCUT2D eigenvalue weighted by atomic mass is 16.5. The van der Waals surface area contributed by atoms with E-state index in [1.54, 1.807) is 31.1 Å². The maximum absolute atomic E-state index is 11.7. The fourth-order valence-electron chi connectivity index (χ4n) is 8.26. The van der Waals surface area contributed by atoms with Crippen LogP contribution in [0.1, 0.15) is 199 Å². The summed E-state index contributed by atoms with van der Waals surface area (Å²) in [7, 11) is 0. The zero-order chi connectivity index (χ0) is 71.8. The van der Waals surface area contributed by atoms with Crippen LogP contribution < -0.4 is 21.3 Å². The molecule has 2 aliphatic heterocycles. The number of Topliss-reactive ketones (excluding diaryl/α,β-unsaturated/α-hetero) is 4. The Bertz CT molecular complexity index is 2680. The van der Waals surface area contributed by atoms with Crippen molar-refractivity contribution in [3.63, 3.8) is 0 Å². The van der Waals surface area contributed by atoms with Crippen molar-refractivity contribution < 1.29 is 66.7 Å². The van der Waals surface area contributed by atoms with E-state index in [2.05, 4.69) is 90.3 Å². The largest absolute Gasteiger partial charge is 0.381 e. The van der Waals surface area contributed by atoms with Crippen LogP contribution in [-0.4, -0.2) is 190 Å². The molecule has 0 spiro atoms. The lowest BCUT2D eigenvalue weighted by atomic mass is 10.1. The van der Waals surface area contributed by atoms with Gasteiger partial charge in [-0.25, -0.2) is 9.36 Å². The van der Waals surface area contributed by atoms with E-state index >= 15 is 0 Å². The molecule has 2 aliphatic rings. The predicted octanol–water partition coefficient (Wildman–Crippen LogP) is 7.93. The number of nitrogens with zero attached hydrogens (tertiary/aromatic N) is 12. The quantitative estimate of drug-likeness (QED) is 0.0361. The second-order valence-electron chi connectivity index (χ2n) is 27.1. The topological polar surface area (TPSA) is 338 Å². The average molecular weight is 1360 g/mol. The number of hydrogen-bond donors (Lipinski definition) is 4. The molecule has 0 radical (unpaired) electrons. The monoisotopic (exact) mass is 1350 g/mol. The van der Waals surface area contributed by atoms with Crippen LogP contribution in [0, 0.1) is 47.3 Å². The van der Waals surface area contributed by atoms with Crippen molar-refractivity contribution in [1.29, 1.82) is 0 Å². The minimum Gasteiger partial charge on any atom is -0.381 e. The van der Waals surface area contributed by atoms with E-state index in [0.717, 1.165) is 44.2 Å². The van der Waals surface area contributed by atoms with Crippen molar-refractivity contribution in [3.8, 4) is 0 Å². The second-order valence-corrected chi connectivity index (χ2v) is 27.1. The first-order valence-corrected chi connectivity index (χ1v) is 34.8. The summed E-state index contributed by atoms with van der Waals surface area (Å²) >= 11 is 0. The third-order valence-electron chi connectivity index (χ3n) is 14.1. The van der Waals surface area contributed by atoms with Gasteiger partial charge in [0, 0.05) is 131 Å². The fraction of sp³-hybridized carbons (Fsp3) is 0.794. The van der Waals surface area contributed by atoms with E-state index in [9.17, 15) is 38.4 Å². The van der Waals surface area contributed by atoms with Crippen molar-refractivity contribution >= 4 is 59.2 Å². The molecule has 0 saturated heterocycles. The lowest BCUT2D eigenvalue weighted by molar-refractivity contribution is -0.535. The van der Waals surface area contributed by atoms with E-state index in [1.165, 1.54) is 0 Å². The number of rotatable bonds is 48. The van der Waals surface area contributed by atoms with Gasteiger partial charge in [0.15, 0.2) is 13.2 Å². The van der Waals surface area contributed by atoms with Crippen molar-refractivity contribution in [3.05, 3.63) is 23.8 Å². The SMILES string of the molecule is CC(C)CC(=O)NC[N+]1=CC(CCOCCCC(=O)C(C)C)N=N1.CC(C)CC(=O)NCc1cn(CCOCCCC(=O)C(C)C)nn1.CC(C)CNC(=O)C[N+]1=CC(CCOCCCC(=O)C(C)C)N=N1.CC(C)CNC(=O)Cc1cn(CCOCCCC(=O)C(C)C)nn1. The summed E-state index contributed by atoms with van der Waals surface area (Å²) in [5, 5.41) is 43.6. The molecule has 2 aromatic heterocycles. The molecule has 0 saturated carbocycles. The van der Waals surface area contributed by atoms with Crippen LogP contribution in [0.15, 0.2) is 33.1 Å². The maximum Gasteiger partial charge on any atom is 0.264 e. The molecule has 28 nitrogen and oxygen atoms in total. The normalized spacial score (nSPS) is 14.0. The molecule has 2 atom stereocenters. The summed E-state index contributed by atoms with van der Waals surface area (Å²) in [6.45, 7) is 39.5. The van der Waals surface area contributed by atoms with E-state index in [4.69, 9.17) is 18.9 Å². The molecular formula is C68H122N16O12+2. The van der Waals surface area contributed by atoms with Gasteiger partial charge in [0.2, 0.25) is 29.8 Å². The Kier molecular flexibility index (Phi) is 47.6. The third-order valence-corrected chi connectivity index (χ3v) is 14.1. The Morgan fingerprint density at radius 1 is 0.438 bits per heavy atom. The van der Waals surface area contributed by atoms with Gasteiger partial charge in [-0.1, -0.05) is 121 Å². The van der Waals surface area contributed by atoms with Crippen LogP contribution in [0.2, 0.25) is 0 Å². The van der Waals surface area contributed by atoms with Gasteiger partial charge in [-0.2, -0.15) is 0 Å².